The lowest BCUT2D eigenvalue weighted by atomic mass is 10.1. The number of aryl methyl sites for hydroxylation is 1. The van der Waals surface area contributed by atoms with Gasteiger partial charge in [-0.15, -0.1) is 11.8 Å². The van der Waals surface area contributed by atoms with Gasteiger partial charge in [-0.3, -0.25) is 9.59 Å². The molecule has 0 unspecified atom stereocenters. The van der Waals surface area contributed by atoms with Crippen molar-refractivity contribution in [3.8, 4) is 0 Å². The molecule has 0 saturated carbocycles. The first-order chi connectivity index (χ1) is 14.3. The number of hydrogen-bond acceptors (Lipinski definition) is 3. The van der Waals surface area contributed by atoms with E-state index in [9.17, 15) is 9.59 Å². The molecule has 2 aromatic rings. The third kappa shape index (κ3) is 7.80. The van der Waals surface area contributed by atoms with Crippen molar-refractivity contribution < 1.29 is 9.59 Å². The van der Waals surface area contributed by atoms with Crippen LogP contribution in [0.5, 0.6) is 0 Å². The normalized spacial score (nSPS) is 12.8. The van der Waals surface area contributed by atoms with Gasteiger partial charge in [0.15, 0.2) is 0 Å². The molecular weight excluding hydrogens is 460 g/mol. The van der Waals surface area contributed by atoms with Crippen molar-refractivity contribution in [1.82, 2.24) is 10.2 Å². The van der Waals surface area contributed by atoms with Gasteiger partial charge in [-0.2, -0.15) is 0 Å². The van der Waals surface area contributed by atoms with Crippen LogP contribution in [-0.4, -0.2) is 34.6 Å². The summed E-state index contributed by atoms with van der Waals surface area (Å²) < 4.78 is 1.04. The number of nitrogens with zero attached hydrogens (tertiary/aromatic N) is 1. The maximum absolute atomic E-state index is 13.1. The molecule has 0 aliphatic rings. The van der Waals surface area contributed by atoms with Crippen LogP contribution >= 0.6 is 27.7 Å². The van der Waals surface area contributed by atoms with Crippen LogP contribution in [0.3, 0.4) is 0 Å². The molecule has 2 atom stereocenters. The van der Waals surface area contributed by atoms with Crippen LogP contribution in [-0.2, 0) is 21.9 Å². The van der Waals surface area contributed by atoms with Crippen LogP contribution in [0.15, 0.2) is 53.0 Å². The smallest absolute Gasteiger partial charge is 0.242 e. The van der Waals surface area contributed by atoms with Gasteiger partial charge in [0.2, 0.25) is 11.8 Å². The van der Waals surface area contributed by atoms with E-state index in [0.717, 1.165) is 22.2 Å². The van der Waals surface area contributed by atoms with E-state index in [4.69, 9.17) is 0 Å². The molecular formula is C24H31BrN2O2S. The van der Waals surface area contributed by atoms with E-state index in [2.05, 4.69) is 21.2 Å². The molecule has 0 spiro atoms. The molecule has 162 valence electrons. The number of carbonyl (C=O) groups excluding carboxylic acids is 2. The van der Waals surface area contributed by atoms with Gasteiger partial charge in [0.25, 0.3) is 0 Å². The zero-order chi connectivity index (χ0) is 22.1. The SMILES string of the molecule is CC[C@@H](C)NC(=O)[C@H](C)N(Cc1ccc(C)cc1)C(=O)CSCc1ccc(Br)cc1. The minimum atomic E-state index is -0.527. The van der Waals surface area contributed by atoms with Crippen molar-refractivity contribution in [3.63, 3.8) is 0 Å². The highest BCUT2D eigenvalue weighted by Crippen LogP contribution is 2.18. The summed E-state index contributed by atoms with van der Waals surface area (Å²) in [6, 6.07) is 15.8. The van der Waals surface area contributed by atoms with Crippen LogP contribution < -0.4 is 5.32 Å². The second-order valence-electron chi connectivity index (χ2n) is 7.62. The molecule has 0 aliphatic carbocycles. The number of carbonyl (C=O) groups is 2. The van der Waals surface area contributed by atoms with Crippen LogP contribution in [0.2, 0.25) is 0 Å². The van der Waals surface area contributed by atoms with E-state index in [1.807, 2.05) is 76.2 Å². The average molecular weight is 491 g/mol. The van der Waals surface area contributed by atoms with Crippen LogP contribution in [0, 0.1) is 6.92 Å². The number of halogens is 1. The van der Waals surface area contributed by atoms with Crippen molar-refractivity contribution in [2.24, 2.45) is 0 Å². The monoisotopic (exact) mass is 490 g/mol. The van der Waals surface area contributed by atoms with E-state index < -0.39 is 6.04 Å². The third-order valence-electron chi connectivity index (χ3n) is 5.05. The zero-order valence-corrected chi connectivity index (χ0v) is 20.6. The first-order valence-electron chi connectivity index (χ1n) is 10.3. The number of benzene rings is 2. The Morgan fingerprint density at radius 3 is 2.23 bits per heavy atom. The van der Waals surface area contributed by atoms with Crippen molar-refractivity contribution in [3.05, 3.63) is 69.7 Å². The number of amides is 2. The topological polar surface area (TPSA) is 49.4 Å². The van der Waals surface area contributed by atoms with Gasteiger partial charge in [0, 0.05) is 22.8 Å². The second kappa shape index (κ2) is 12.2. The summed E-state index contributed by atoms with van der Waals surface area (Å²) in [5.74, 6) is 0.959. The Morgan fingerprint density at radius 1 is 1.03 bits per heavy atom. The Hall–Kier alpha value is -1.79. The van der Waals surface area contributed by atoms with Crippen molar-refractivity contribution in [1.29, 1.82) is 0 Å². The van der Waals surface area contributed by atoms with Gasteiger partial charge in [0.1, 0.15) is 6.04 Å². The Balaban J connectivity index is 2.06. The van der Waals surface area contributed by atoms with E-state index >= 15 is 0 Å². The molecule has 6 heteroatoms. The quantitative estimate of drug-likeness (QED) is 0.489. The predicted molar refractivity (Wildman–Crippen MR) is 129 cm³/mol. The van der Waals surface area contributed by atoms with E-state index in [0.29, 0.717) is 12.3 Å². The number of rotatable bonds is 10. The van der Waals surface area contributed by atoms with Crippen molar-refractivity contribution >= 4 is 39.5 Å². The molecule has 0 aromatic heterocycles. The lowest BCUT2D eigenvalue weighted by molar-refractivity contribution is -0.138. The molecule has 0 fully saturated rings. The highest BCUT2D eigenvalue weighted by atomic mass is 79.9. The lowest BCUT2D eigenvalue weighted by Gasteiger charge is -2.29. The minimum absolute atomic E-state index is 0.0236. The van der Waals surface area contributed by atoms with Gasteiger partial charge in [-0.1, -0.05) is 64.8 Å². The van der Waals surface area contributed by atoms with Crippen molar-refractivity contribution in [2.45, 2.75) is 58.5 Å². The Bertz CT molecular complexity index is 824. The molecule has 1 N–H and O–H groups in total. The summed E-state index contributed by atoms with van der Waals surface area (Å²) in [6.07, 6.45) is 0.855. The maximum atomic E-state index is 13.1. The minimum Gasteiger partial charge on any atom is -0.352 e. The van der Waals surface area contributed by atoms with Gasteiger partial charge < -0.3 is 10.2 Å². The summed E-state index contributed by atoms with van der Waals surface area (Å²) in [7, 11) is 0. The molecule has 2 aromatic carbocycles. The number of nitrogens with one attached hydrogen (secondary N) is 1. The Labute approximate surface area is 192 Å². The molecule has 2 amide bonds. The molecule has 0 bridgehead atoms. The lowest BCUT2D eigenvalue weighted by Crippen LogP contribution is -2.50. The summed E-state index contributed by atoms with van der Waals surface area (Å²) in [4.78, 5) is 27.5. The second-order valence-corrected chi connectivity index (χ2v) is 9.52. The predicted octanol–water partition coefficient (Wildman–Crippen LogP) is 5.32. The molecule has 0 saturated heterocycles. The van der Waals surface area contributed by atoms with E-state index in [-0.39, 0.29) is 17.9 Å². The van der Waals surface area contributed by atoms with Gasteiger partial charge in [-0.25, -0.2) is 0 Å². The molecule has 0 heterocycles. The molecule has 2 rings (SSSR count). The molecule has 0 aliphatic heterocycles. The van der Waals surface area contributed by atoms with Gasteiger partial charge in [-0.05, 0) is 50.5 Å². The fraction of sp³-hybridized carbons (Fsp3) is 0.417. The molecule has 0 radical (unpaired) electrons. The first-order valence-corrected chi connectivity index (χ1v) is 12.2. The van der Waals surface area contributed by atoms with Gasteiger partial charge >= 0.3 is 0 Å². The van der Waals surface area contributed by atoms with Crippen LogP contribution in [0.4, 0.5) is 0 Å². The molecule has 30 heavy (non-hydrogen) atoms. The zero-order valence-electron chi connectivity index (χ0n) is 18.2. The highest BCUT2D eigenvalue weighted by molar-refractivity contribution is 9.10. The van der Waals surface area contributed by atoms with E-state index in [1.165, 1.54) is 11.1 Å². The summed E-state index contributed by atoms with van der Waals surface area (Å²) in [6.45, 7) is 8.28. The largest absolute Gasteiger partial charge is 0.352 e. The fourth-order valence-electron chi connectivity index (χ4n) is 2.86. The summed E-state index contributed by atoms with van der Waals surface area (Å²) >= 11 is 5.01. The van der Waals surface area contributed by atoms with Gasteiger partial charge in [0.05, 0.1) is 5.75 Å². The van der Waals surface area contributed by atoms with Crippen molar-refractivity contribution in [2.75, 3.05) is 5.75 Å². The third-order valence-corrected chi connectivity index (χ3v) is 6.57. The number of hydrogen-bond donors (Lipinski definition) is 1. The Kier molecular flexibility index (Phi) is 9.92. The van der Waals surface area contributed by atoms with Crippen LogP contribution in [0.25, 0.3) is 0 Å². The average Bonchev–Trinajstić information content (AvgIpc) is 2.74. The van der Waals surface area contributed by atoms with Crippen LogP contribution in [0.1, 0.15) is 43.9 Å². The van der Waals surface area contributed by atoms with E-state index in [1.54, 1.807) is 16.7 Å². The summed E-state index contributed by atoms with van der Waals surface area (Å²) in [5, 5.41) is 3.00. The Morgan fingerprint density at radius 2 is 1.63 bits per heavy atom. The highest BCUT2D eigenvalue weighted by Gasteiger charge is 2.26. The molecule has 4 nitrogen and oxygen atoms in total. The maximum Gasteiger partial charge on any atom is 0.242 e. The standard InChI is InChI=1S/C24H31BrN2O2S/c1-5-18(3)26-24(29)19(4)27(14-20-8-6-17(2)7-9-20)23(28)16-30-15-21-10-12-22(25)13-11-21/h6-13,18-19H,5,14-16H2,1-4H3,(H,26,29)/t18-,19+/m1/s1. The fourth-order valence-corrected chi connectivity index (χ4v) is 3.99. The number of thioether (sulfide) groups is 1. The first kappa shape index (κ1) is 24.5. The summed E-state index contributed by atoms with van der Waals surface area (Å²) in [5.41, 5.74) is 3.36.